The summed E-state index contributed by atoms with van der Waals surface area (Å²) in [6, 6.07) is 21.7. The van der Waals surface area contributed by atoms with Crippen molar-refractivity contribution in [2.24, 2.45) is 0 Å². The third-order valence-corrected chi connectivity index (χ3v) is 5.70. The Labute approximate surface area is 184 Å². The van der Waals surface area contributed by atoms with Gasteiger partial charge in [-0.15, -0.1) is 0 Å². The molecule has 0 radical (unpaired) electrons. The van der Waals surface area contributed by atoms with E-state index in [1.807, 2.05) is 66.7 Å². The molecular formula is C25H20N4O3. The van der Waals surface area contributed by atoms with Crippen LogP contribution < -0.4 is 0 Å². The number of hydrogen-bond acceptors (Lipinski definition) is 4. The predicted octanol–water partition coefficient (Wildman–Crippen LogP) is 3.59. The Morgan fingerprint density at radius 1 is 0.906 bits per heavy atom. The number of amides is 1. The third-order valence-electron chi connectivity index (χ3n) is 5.70. The minimum atomic E-state index is -1.02. The van der Waals surface area contributed by atoms with Gasteiger partial charge in [0.2, 0.25) is 0 Å². The standard InChI is InChI=1S/C25H20N4O3/c30-24(28-16-19-9-5-4-8-18(19)14-23(28)25(31)32)21-15-22(17-6-2-1-3-7-17)29(27-21)20-10-12-26-13-11-20/h1-13,15,23H,14,16H2,(H,31,32)/t23-/m0/s1. The van der Waals surface area contributed by atoms with Gasteiger partial charge in [0.1, 0.15) is 6.04 Å². The monoisotopic (exact) mass is 424 g/mol. The van der Waals surface area contributed by atoms with Crippen LogP contribution in [0.2, 0.25) is 0 Å². The van der Waals surface area contributed by atoms with E-state index in [2.05, 4.69) is 10.1 Å². The number of rotatable bonds is 4. The van der Waals surface area contributed by atoms with Gasteiger partial charge in [-0.05, 0) is 29.3 Å². The smallest absolute Gasteiger partial charge is 0.326 e. The number of carboxylic acids is 1. The van der Waals surface area contributed by atoms with Crippen molar-refractivity contribution in [3.05, 3.63) is 102 Å². The molecule has 1 N–H and O–H groups in total. The molecular weight excluding hydrogens is 404 g/mol. The van der Waals surface area contributed by atoms with E-state index in [9.17, 15) is 14.7 Å². The molecule has 2 aromatic heterocycles. The van der Waals surface area contributed by atoms with Crippen molar-refractivity contribution in [3.63, 3.8) is 0 Å². The number of aromatic nitrogens is 3. The van der Waals surface area contributed by atoms with Crippen LogP contribution in [0, 0.1) is 0 Å². The minimum Gasteiger partial charge on any atom is -0.480 e. The van der Waals surface area contributed by atoms with Crippen LogP contribution in [0.5, 0.6) is 0 Å². The summed E-state index contributed by atoms with van der Waals surface area (Å²) < 4.78 is 1.69. The molecule has 3 heterocycles. The second-order valence-electron chi connectivity index (χ2n) is 7.66. The van der Waals surface area contributed by atoms with Crippen LogP contribution >= 0.6 is 0 Å². The maximum absolute atomic E-state index is 13.5. The normalized spacial score (nSPS) is 15.2. The highest BCUT2D eigenvalue weighted by atomic mass is 16.4. The number of carboxylic acid groups (broad SMARTS) is 1. The van der Waals surface area contributed by atoms with Gasteiger partial charge in [0, 0.05) is 30.9 Å². The largest absolute Gasteiger partial charge is 0.480 e. The van der Waals surface area contributed by atoms with Crippen LogP contribution in [0.3, 0.4) is 0 Å². The first-order valence-corrected chi connectivity index (χ1v) is 10.3. The number of nitrogens with zero attached hydrogens (tertiary/aromatic N) is 4. The molecule has 0 fully saturated rings. The highest BCUT2D eigenvalue weighted by Crippen LogP contribution is 2.28. The highest BCUT2D eigenvalue weighted by Gasteiger charge is 2.36. The lowest BCUT2D eigenvalue weighted by Crippen LogP contribution is -2.48. The summed E-state index contributed by atoms with van der Waals surface area (Å²) in [6.07, 6.45) is 3.60. The average Bonchev–Trinajstić information content (AvgIpc) is 3.29. The molecule has 0 saturated heterocycles. The van der Waals surface area contributed by atoms with E-state index in [-0.39, 0.29) is 18.7 Å². The van der Waals surface area contributed by atoms with E-state index in [0.717, 1.165) is 28.1 Å². The number of benzene rings is 2. The topological polar surface area (TPSA) is 88.3 Å². The van der Waals surface area contributed by atoms with Crippen LogP contribution in [0.4, 0.5) is 0 Å². The molecule has 0 saturated carbocycles. The minimum absolute atomic E-state index is 0.200. The van der Waals surface area contributed by atoms with E-state index in [0.29, 0.717) is 0 Å². The second kappa shape index (κ2) is 8.11. The summed E-state index contributed by atoms with van der Waals surface area (Å²) in [4.78, 5) is 31.0. The Hall–Kier alpha value is -4.26. The van der Waals surface area contributed by atoms with E-state index in [4.69, 9.17) is 0 Å². The molecule has 1 atom stereocenters. The zero-order chi connectivity index (χ0) is 22.1. The number of carbonyl (C=O) groups excluding carboxylic acids is 1. The molecule has 158 valence electrons. The predicted molar refractivity (Wildman–Crippen MR) is 118 cm³/mol. The molecule has 2 aromatic carbocycles. The lowest BCUT2D eigenvalue weighted by atomic mass is 9.93. The van der Waals surface area contributed by atoms with Crippen molar-refractivity contribution in [3.8, 4) is 16.9 Å². The lowest BCUT2D eigenvalue weighted by molar-refractivity contribution is -0.142. The maximum atomic E-state index is 13.5. The summed E-state index contributed by atoms with van der Waals surface area (Å²) in [7, 11) is 0. The van der Waals surface area contributed by atoms with Crippen LogP contribution in [-0.2, 0) is 17.8 Å². The van der Waals surface area contributed by atoms with Crippen LogP contribution in [0.15, 0.2) is 85.2 Å². The van der Waals surface area contributed by atoms with Gasteiger partial charge < -0.3 is 10.0 Å². The molecule has 7 heteroatoms. The van der Waals surface area contributed by atoms with Crippen molar-refractivity contribution >= 4 is 11.9 Å². The number of fused-ring (bicyclic) bond motifs is 1. The SMILES string of the molecule is O=C(O)[C@@H]1Cc2ccccc2CN1C(=O)c1cc(-c2ccccc2)n(-c2ccncc2)n1. The second-order valence-corrected chi connectivity index (χ2v) is 7.66. The highest BCUT2D eigenvalue weighted by molar-refractivity contribution is 5.96. The van der Waals surface area contributed by atoms with E-state index < -0.39 is 17.9 Å². The fourth-order valence-electron chi connectivity index (χ4n) is 4.09. The fraction of sp³-hybridized carbons (Fsp3) is 0.120. The summed E-state index contributed by atoms with van der Waals surface area (Å²) >= 11 is 0. The van der Waals surface area contributed by atoms with Crippen LogP contribution in [0.25, 0.3) is 16.9 Å². The lowest BCUT2D eigenvalue weighted by Gasteiger charge is -2.34. The first-order chi connectivity index (χ1) is 15.6. The molecule has 0 spiro atoms. The fourth-order valence-corrected chi connectivity index (χ4v) is 4.09. The van der Waals surface area contributed by atoms with Crippen molar-refractivity contribution in [1.82, 2.24) is 19.7 Å². The zero-order valence-electron chi connectivity index (χ0n) is 17.1. The molecule has 0 unspecified atom stereocenters. The molecule has 32 heavy (non-hydrogen) atoms. The number of pyridine rings is 1. The van der Waals surface area contributed by atoms with Gasteiger partial charge in [-0.3, -0.25) is 9.78 Å². The van der Waals surface area contributed by atoms with Crippen LogP contribution in [-0.4, -0.2) is 42.7 Å². The van der Waals surface area contributed by atoms with E-state index in [1.54, 1.807) is 23.1 Å². The molecule has 0 bridgehead atoms. The van der Waals surface area contributed by atoms with Gasteiger partial charge in [0.05, 0.1) is 11.4 Å². The number of carbonyl (C=O) groups is 2. The quantitative estimate of drug-likeness (QED) is 0.541. The molecule has 7 nitrogen and oxygen atoms in total. The molecule has 4 aromatic rings. The molecule has 1 aliphatic heterocycles. The van der Waals surface area contributed by atoms with Gasteiger partial charge >= 0.3 is 5.97 Å². The van der Waals surface area contributed by atoms with Crippen molar-refractivity contribution in [2.45, 2.75) is 19.0 Å². The Morgan fingerprint density at radius 3 is 2.31 bits per heavy atom. The summed E-state index contributed by atoms with van der Waals surface area (Å²) in [5, 5.41) is 14.4. The molecule has 0 aliphatic carbocycles. The molecule has 1 amide bonds. The zero-order valence-corrected chi connectivity index (χ0v) is 17.1. The molecule has 1 aliphatic rings. The summed E-state index contributed by atoms with van der Waals surface area (Å²) in [5.74, 6) is -1.43. The average molecular weight is 424 g/mol. The Balaban J connectivity index is 1.58. The van der Waals surface area contributed by atoms with E-state index in [1.165, 1.54) is 4.90 Å². The van der Waals surface area contributed by atoms with Gasteiger partial charge in [-0.2, -0.15) is 5.10 Å². The number of aliphatic carboxylic acids is 1. The van der Waals surface area contributed by atoms with Gasteiger partial charge in [0.25, 0.3) is 5.91 Å². The summed E-state index contributed by atoms with van der Waals surface area (Å²) in [6.45, 7) is 0.231. The maximum Gasteiger partial charge on any atom is 0.326 e. The Kier molecular flexibility index (Phi) is 4.99. The van der Waals surface area contributed by atoms with Crippen molar-refractivity contribution < 1.29 is 14.7 Å². The van der Waals surface area contributed by atoms with Crippen LogP contribution in [0.1, 0.15) is 21.6 Å². The Morgan fingerprint density at radius 2 is 1.59 bits per heavy atom. The van der Waals surface area contributed by atoms with Crippen molar-refractivity contribution in [2.75, 3.05) is 0 Å². The first kappa shape index (κ1) is 19.7. The number of hydrogen-bond donors (Lipinski definition) is 1. The third kappa shape index (κ3) is 3.54. The van der Waals surface area contributed by atoms with Crippen molar-refractivity contribution in [1.29, 1.82) is 0 Å². The van der Waals surface area contributed by atoms with Gasteiger partial charge in [0.15, 0.2) is 5.69 Å². The Bertz CT molecular complexity index is 1230. The summed E-state index contributed by atoms with van der Waals surface area (Å²) in [5.41, 5.74) is 4.51. The van der Waals surface area contributed by atoms with Gasteiger partial charge in [-0.25, -0.2) is 9.48 Å². The van der Waals surface area contributed by atoms with Gasteiger partial charge in [-0.1, -0.05) is 54.6 Å². The molecule has 5 rings (SSSR count). The first-order valence-electron chi connectivity index (χ1n) is 10.3. The van der Waals surface area contributed by atoms with E-state index >= 15 is 0 Å².